The molecular formula is C16H13NO3S. The summed E-state index contributed by atoms with van der Waals surface area (Å²) in [6.07, 6.45) is 0.967. The van der Waals surface area contributed by atoms with E-state index in [4.69, 9.17) is 14.7 Å². The van der Waals surface area contributed by atoms with Gasteiger partial charge in [-0.15, -0.1) is 11.3 Å². The summed E-state index contributed by atoms with van der Waals surface area (Å²) >= 11 is 1.43. The second-order valence-corrected chi connectivity index (χ2v) is 5.70. The van der Waals surface area contributed by atoms with E-state index in [9.17, 15) is 4.79 Å². The van der Waals surface area contributed by atoms with E-state index in [-0.39, 0.29) is 12.6 Å². The molecule has 0 aliphatic carbocycles. The van der Waals surface area contributed by atoms with E-state index >= 15 is 0 Å². The summed E-state index contributed by atoms with van der Waals surface area (Å²) in [4.78, 5) is 13.7. The van der Waals surface area contributed by atoms with Crippen LogP contribution in [0.2, 0.25) is 0 Å². The average Bonchev–Trinajstić information content (AvgIpc) is 2.96. The maximum atomic E-state index is 12.0. The van der Waals surface area contributed by atoms with Crippen LogP contribution in [-0.2, 0) is 11.3 Å². The van der Waals surface area contributed by atoms with Gasteiger partial charge in [-0.2, -0.15) is 5.26 Å². The molecule has 1 aromatic heterocycles. The molecule has 5 heteroatoms. The molecule has 0 saturated heterocycles. The Bertz CT molecular complexity index is 715. The molecule has 2 aromatic rings. The van der Waals surface area contributed by atoms with Crippen molar-refractivity contribution in [1.82, 2.24) is 0 Å². The number of carbonyl (C=O) groups is 1. The largest absolute Gasteiger partial charge is 0.488 e. The highest BCUT2D eigenvalue weighted by Gasteiger charge is 2.22. The van der Waals surface area contributed by atoms with Crippen molar-refractivity contribution in [3.05, 3.63) is 40.8 Å². The molecule has 3 rings (SSSR count). The highest BCUT2D eigenvalue weighted by atomic mass is 32.1. The van der Waals surface area contributed by atoms with Crippen LogP contribution in [0.1, 0.15) is 28.1 Å². The Morgan fingerprint density at radius 2 is 2.29 bits per heavy atom. The minimum atomic E-state index is -0.329. The van der Waals surface area contributed by atoms with E-state index in [1.807, 2.05) is 36.4 Å². The third-order valence-electron chi connectivity index (χ3n) is 3.19. The number of fused-ring (bicyclic) bond motifs is 3. The highest BCUT2D eigenvalue weighted by Crippen LogP contribution is 2.42. The zero-order valence-electron chi connectivity index (χ0n) is 11.3. The molecule has 4 nitrogen and oxygen atoms in total. The van der Waals surface area contributed by atoms with Gasteiger partial charge >= 0.3 is 5.97 Å². The molecular weight excluding hydrogens is 286 g/mol. The predicted molar refractivity (Wildman–Crippen MR) is 79.2 cm³/mol. The molecule has 0 N–H and O–H groups in total. The van der Waals surface area contributed by atoms with Crippen molar-refractivity contribution in [2.45, 2.75) is 19.4 Å². The number of benzene rings is 1. The number of para-hydroxylation sites is 1. The third-order valence-corrected chi connectivity index (χ3v) is 4.38. The number of ether oxygens (including phenoxy) is 2. The fraction of sp³-hybridized carbons (Fsp3) is 0.250. The van der Waals surface area contributed by atoms with Gasteiger partial charge in [-0.25, -0.2) is 4.79 Å². The van der Waals surface area contributed by atoms with Crippen LogP contribution in [0.3, 0.4) is 0 Å². The Morgan fingerprint density at radius 3 is 3.14 bits per heavy atom. The van der Waals surface area contributed by atoms with E-state index in [1.54, 1.807) is 0 Å². The molecule has 0 amide bonds. The zero-order valence-corrected chi connectivity index (χ0v) is 12.1. The summed E-state index contributed by atoms with van der Waals surface area (Å²) < 4.78 is 10.8. The van der Waals surface area contributed by atoms with Crippen LogP contribution < -0.4 is 4.74 Å². The number of thiophene rings is 1. The minimum Gasteiger partial charge on any atom is -0.488 e. The number of hydrogen-bond acceptors (Lipinski definition) is 5. The molecule has 106 valence electrons. The number of rotatable bonds is 4. The lowest BCUT2D eigenvalue weighted by Crippen LogP contribution is -2.04. The molecule has 0 bridgehead atoms. The fourth-order valence-corrected chi connectivity index (χ4v) is 3.28. The van der Waals surface area contributed by atoms with Crippen molar-refractivity contribution in [3.63, 3.8) is 0 Å². The van der Waals surface area contributed by atoms with Gasteiger partial charge in [0.05, 0.1) is 12.7 Å². The van der Waals surface area contributed by atoms with Gasteiger partial charge in [0.25, 0.3) is 0 Å². The van der Waals surface area contributed by atoms with Crippen molar-refractivity contribution in [3.8, 4) is 22.3 Å². The molecule has 0 atom stereocenters. The van der Waals surface area contributed by atoms with Gasteiger partial charge in [-0.05, 0) is 24.6 Å². The number of esters is 1. The van der Waals surface area contributed by atoms with E-state index in [1.165, 1.54) is 11.3 Å². The van der Waals surface area contributed by atoms with Crippen LogP contribution in [0.25, 0.3) is 10.4 Å². The second kappa shape index (κ2) is 5.98. The fourth-order valence-electron chi connectivity index (χ4n) is 2.19. The van der Waals surface area contributed by atoms with Crippen LogP contribution in [-0.4, -0.2) is 12.6 Å². The summed E-state index contributed by atoms with van der Waals surface area (Å²) in [7, 11) is 0. The summed E-state index contributed by atoms with van der Waals surface area (Å²) in [6.45, 7) is 0.757. The zero-order chi connectivity index (χ0) is 14.7. The van der Waals surface area contributed by atoms with Crippen LogP contribution in [0.15, 0.2) is 30.3 Å². The van der Waals surface area contributed by atoms with Crippen LogP contribution >= 0.6 is 11.3 Å². The average molecular weight is 299 g/mol. The molecule has 0 radical (unpaired) electrons. The van der Waals surface area contributed by atoms with Gasteiger partial charge in [-0.1, -0.05) is 12.1 Å². The normalized spacial score (nSPS) is 11.8. The number of carbonyl (C=O) groups excluding carboxylic acids is 1. The van der Waals surface area contributed by atoms with E-state index in [0.717, 1.165) is 21.8 Å². The predicted octanol–water partition coefficient (Wildman–Crippen LogP) is 3.77. The SMILES string of the molecule is N#CCCCOC(=O)c1cc2c(s1)-c1ccccc1OC2. The monoisotopic (exact) mass is 299 g/mol. The number of nitrogens with zero attached hydrogens (tertiary/aromatic N) is 1. The van der Waals surface area contributed by atoms with Gasteiger partial charge in [0, 0.05) is 22.4 Å². The molecule has 0 saturated carbocycles. The standard InChI is InChI=1S/C16H13NO3S/c17-7-3-4-8-19-16(18)14-9-11-10-20-13-6-2-1-5-12(13)15(11)21-14/h1-2,5-6,9H,3-4,8,10H2. The van der Waals surface area contributed by atoms with E-state index in [0.29, 0.717) is 24.3 Å². The van der Waals surface area contributed by atoms with Crippen molar-refractivity contribution in [2.24, 2.45) is 0 Å². The molecule has 1 aliphatic rings. The van der Waals surface area contributed by atoms with Crippen LogP contribution in [0.4, 0.5) is 0 Å². The molecule has 21 heavy (non-hydrogen) atoms. The van der Waals surface area contributed by atoms with Crippen LogP contribution in [0.5, 0.6) is 5.75 Å². The summed E-state index contributed by atoms with van der Waals surface area (Å²) in [5, 5.41) is 8.45. The Kier molecular flexibility index (Phi) is 3.89. The first-order chi connectivity index (χ1) is 10.3. The van der Waals surface area contributed by atoms with Crippen molar-refractivity contribution in [2.75, 3.05) is 6.61 Å². The third kappa shape index (κ3) is 2.76. The number of nitriles is 1. The molecule has 0 spiro atoms. The van der Waals surface area contributed by atoms with Gasteiger partial charge in [-0.3, -0.25) is 0 Å². The first-order valence-corrected chi connectivity index (χ1v) is 7.50. The van der Waals surface area contributed by atoms with Gasteiger partial charge < -0.3 is 9.47 Å². The maximum absolute atomic E-state index is 12.0. The maximum Gasteiger partial charge on any atom is 0.348 e. The van der Waals surface area contributed by atoms with E-state index < -0.39 is 0 Å². The molecule has 1 aliphatic heterocycles. The summed E-state index contributed by atoms with van der Waals surface area (Å²) in [5.74, 6) is 0.519. The van der Waals surface area contributed by atoms with E-state index in [2.05, 4.69) is 0 Å². The molecule has 0 unspecified atom stereocenters. The van der Waals surface area contributed by atoms with Gasteiger partial charge in [0.15, 0.2) is 0 Å². The lowest BCUT2D eigenvalue weighted by molar-refractivity contribution is 0.0507. The second-order valence-electron chi connectivity index (χ2n) is 4.65. The van der Waals surface area contributed by atoms with Crippen molar-refractivity contribution >= 4 is 17.3 Å². The van der Waals surface area contributed by atoms with Crippen LogP contribution in [0, 0.1) is 11.3 Å². The first kappa shape index (κ1) is 13.7. The Hall–Kier alpha value is -2.32. The molecule has 0 fully saturated rings. The Balaban J connectivity index is 1.78. The highest BCUT2D eigenvalue weighted by molar-refractivity contribution is 7.17. The van der Waals surface area contributed by atoms with Crippen molar-refractivity contribution < 1.29 is 14.3 Å². The number of hydrogen-bond donors (Lipinski definition) is 0. The lowest BCUT2D eigenvalue weighted by atomic mass is 10.1. The summed E-state index contributed by atoms with van der Waals surface area (Å²) in [6, 6.07) is 11.7. The topological polar surface area (TPSA) is 59.3 Å². The minimum absolute atomic E-state index is 0.280. The molecule has 1 aromatic carbocycles. The quantitative estimate of drug-likeness (QED) is 0.637. The lowest BCUT2D eigenvalue weighted by Gasteiger charge is -2.16. The van der Waals surface area contributed by atoms with Gasteiger partial charge in [0.2, 0.25) is 0 Å². The van der Waals surface area contributed by atoms with Crippen molar-refractivity contribution in [1.29, 1.82) is 5.26 Å². The number of unbranched alkanes of at least 4 members (excludes halogenated alkanes) is 1. The molecule has 2 heterocycles. The van der Waals surface area contributed by atoms with Gasteiger partial charge in [0.1, 0.15) is 17.2 Å². The smallest absolute Gasteiger partial charge is 0.348 e. The Labute approximate surface area is 126 Å². The first-order valence-electron chi connectivity index (χ1n) is 6.68. The summed E-state index contributed by atoms with van der Waals surface area (Å²) in [5.41, 5.74) is 2.04. The Morgan fingerprint density at radius 1 is 1.43 bits per heavy atom.